The summed E-state index contributed by atoms with van der Waals surface area (Å²) in [6, 6.07) is 0. The SMILES string of the molecule is CCC(F)(F)C1CO1. The van der Waals surface area contributed by atoms with E-state index in [9.17, 15) is 8.78 Å². The fraction of sp³-hybridized carbons (Fsp3) is 1.00. The average Bonchev–Trinajstić information content (AvgIpc) is 2.44. The second-order valence-electron chi connectivity index (χ2n) is 1.94. The number of hydrogen-bond acceptors (Lipinski definition) is 1. The lowest BCUT2D eigenvalue weighted by atomic mass is 10.2. The number of ether oxygens (including phenoxy) is 1. The molecular weight excluding hydrogens is 114 g/mol. The molecule has 0 aromatic heterocycles. The third kappa shape index (κ3) is 0.968. The van der Waals surface area contributed by atoms with Gasteiger partial charge in [0.05, 0.1) is 6.61 Å². The van der Waals surface area contributed by atoms with Gasteiger partial charge < -0.3 is 4.74 Å². The van der Waals surface area contributed by atoms with Crippen LogP contribution in [0.1, 0.15) is 13.3 Å². The van der Waals surface area contributed by atoms with Gasteiger partial charge in [-0.1, -0.05) is 6.92 Å². The molecule has 1 atom stereocenters. The molecule has 0 aliphatic carbocycles. The molecule has 1 aliphatic heterocycles. The number of hydrogen-bond donors (Lipinski definition) is 0. The first-order valence-electron chi connectivity index (χ1n) is 2.66. The zero-order chi connectivity index (χ0) is 6.20. The van der Waals surface area contributed by atoms with Crippen molar-refractivity contribution in [2.75, 3.05) is 6.61 Å². The minimum Gasteiger partial charge on any atom is -0.367 e. The largest absolute Gasteiger partial charge is 0.367 e. The topological polar surface area (TPSA) is 12.5 Å². The van der Waals surface area contributed by atoms with Crippen molar-refractivity contribution in [1.29, 1.82) is 0 Å². The third-order valence-corrected chi connectivity index (χ3v) is 1.28. The Morgan fingerprint density at radius 3 is 2.38 bits per heavy atom. The van der Waals surface area contributed by atoms with Crippen LogP contribution in [0.5, 0.6) is 0 Å². The molecule has 0 aromatic rings. The lowest BCUT2D eigenvalue weighted by Gasteiger charge is -2.08. The Hall–Kier alpha value is -0.180. The van der Waals surface area contributed by atoms with Gasteiger partial charge in [-0.2, -0.15) is 0 Å². The molecule has 1 aliphatic rings. The molecule has 1 nitrogen and oxygen atoms in total. The lowest BCUT2D eigenvalue weighted by molar-refractivity contribution is -0.0294. The molecule has 0 spiro atoms. The van der Waals surface area contributed by atoms with Crippen molar-refractivity contribution in [2.45, 2.75) is 25.4 Å². The Labute approximate surface area is 46.6 Å². The van der Waals surface area contributed by atoms with Gasteiger partial charge in [0, 0.05) is 6.42 Å². The van der Waals surface area contributed by atoms with Crippen LogP contribution in [0, 0.1) is 0 Å². The van der Waals surface area contributed by atoms with Crippen LogP contribution in [-0.2, 0) is 4.74 Å². The summed E-state index contributed by atoms with van der Waals surface area (Å²) >= 11 is 0. The summed E-state index contributed by atoms with van der Waals surface area (Å²) in [6.45, 7) is 1.70. The lowest BCUT2D eigenvalue weighted by Crippen LogP contribution is -2.21. The van der Waals surface area contributed by atoms with Crippen LogP contribution in [0.4, 0.5) is 8.78 Å². The minimum absolute atomic E-state index is 0.113. The van der Waals surface area contributed by atoms with Gasteiger partial charge in [-0.25, -0.2) is 8.78 Å². The van der Waals surface area contributed by atoms with Crippen LogP contribution in [0.3, 0.4) is 0 Å². The van der Waals surface area contributed by atoms with Gasteiger partial charge in [-0.3, -0.25) is 0 Å². The Kier molecular flexibility index (Phi) is 1.23. The molecule has 48 valence electrons. The molecule has 1 heterocycles. The molecular formula is C5H8F2O. The smallest absolute Gasteiger partial charge is 0.275 e. The molecule has 0 bridgehead atoms. The van der Waals surface area contributed by atoms with E-state index < -0.39 is 12.0 Å². The second-order valence-corrected chi connectivity index (χ2v) is 1.94. The van der Waals surface area contributed by atoms with Crippen molar-refractivity contribution >= 4 is 0 Å². The van der Waals surface area contributed by atoms with Crippen molar-refractivity contribution in [3.63, 3.8) is 0 Å². The highest BCUT2D eigenvalue weighted by Crippen LogP contribution is 2.32. The van der Waals surface area contributed by atoms with Gasteiger partial charge >= 0.3 is 0 Å². The molecule has 1 saturated heterocycles. The maximum absolute atomic E-state index is 12.2. The van der Waals surface area contributed by atoms with E-state index in [-0.39, 0.29) is 13.0 Å². The Morgan fingerprint density at radius 2 is 2.25 bits per heavy atom. The van der Waals surface area contributed by atoms with Gasteiger partial charge in [0.1, 0.15) is 6.10 Å². The molecule has 8 heavy (non-hydrogen) atoms. The summed E-state index contributed by atoms with van der Waals surface area (Å²) in [5.74, 6) is -2.57. The van der Waals surface area contributed by atoms with E-state index in [2.05, 4.69) is 4.74 Å². The first-order valence-corrected chi connectivity index (χ1v) is 2.66. The zero-order valence-electron chi connectivity index (χ0n) is 4.66. The van der Waals surface area contributed by atoms with Gasteiger partial charge in [0.15, 0.2) is 0 Å². The summed E-state index contributed by atoms with van der Waals surface area (Å²) in [4.78, 5) is 0. The van der Waals surface area contributed by atoms with Crippen LogP contribution in [0.15, 0.2) is 0 Å². The zero-order valence-corrected chi connectivity index (χ0v) is 4.66. The monoisotopic (exact) mass is 122 g/mol. The summed E-state index contributed by atoms with van der Waals surface area (Å²) in [6.07, 6.45) is -0.884. The van der Waals surface area contributed by atoms with Crippen LogP contribution in [0.25, 0.3) is 0 Å². The maximum Gasteiger partial charge on any atom is 0.275 e. The standard InChI is InChI=1S/C5H8F2O/c1-2-5(6,7)4-3-8-4/h4H,2-3H2,1H3. The van der Waals surface area contributed by atoms with E-state index in [1.165, 1.54) is 6.92 Å². The van der Waals surface area contributed by atoms with Crippen molar-refractivity contribution in [3.8, 4) is 0 Å². The highest BCUT2D eigenvalue weighted by atomic mass is 19.3. The third-order valence-electron chi connectivity index (χ3n) is 1.28. The predicted molar refractivity (Wildman–Crippen MR) is 25.0 cm³/mol. The summed E-state index contributed by atoms with van der Waals surface area (Å²) < 4.78 is 28.8. The van der Waals surface area contributed by atoms with E-state index in [1.54, 1.807) is 0 Å². The number of epoxide rings is 1. The van der Waals surface area contributed by atoms with E-state index in [0.717, 1.165) is 0 Å². The fourth-order valence-electron chi connectivity index (χ4n) is 0.520. The number of rotatable bonds is 2. The van der Waals surface area contributed by atoms with Crippen LogP contribution in [0.2, 0.25) is 0 Å². The van der Waals surface area contributed by atoms with Crippen LogP contribution in [-0.4, -0.2) is 18.6 Å². The highest BCUT2D eigenvalue weighted by molar-refractivity contribution is 4.84. The summed E-state index contributed by atoms with van der Waals surface area (Å²) in [7, 11) is 0. The predicted octanol–water partition coefficient (Wildman–Crippen LogP) is 1.43. The van der Waals surface area contributed by atoms with Crippen molar-refractivity contribution < 1.29 is 13.5 Å². The molecule has 0 amide bonds. The van der Waals surface area contributed by atoms with Crippen LogP contribution < -0.4 is 0 Å². The first-order chi connectivity index (χ1) is 3.67. The first kappa shape index (κ1) is 5.95. The average molecular weight is 122 g/mol. The Balaban J connectivity index is 2.37. The number of halogens is 2. The van der Waals surface area contributed by atoms with Gasteiger partial charge in [0.2, 0.25) is 0 Å². The summed E-state index contributed by atoms with van der Waals surface area (Å²) in [5.41, 5.74) is 0. The molecule has 1 rings (SSSR count). The van der Waals surface area contributed by atoms with E-state index >= 15 is 0 Å². The van der Waals surface area contributed by atoms with Gasteiger partial charge in [0.25, 0.3) is 5.92 Å². The molecule has 0 saturated carbocycles. The Bertz CT molecular complexity index is 88.4. The van der Waals surface area contributed by atoms with Gasteiger partial charge in [-0.05, 0) is 0 Å². The van der Waals surface area contributed by atoms with Crippen molar-refractivity contribution in [1.82, 2.24) is 0 Å². The molecule has 0 aromatic carbocycles. The van der Waals surface area contributed by atoms with E-state index in [0.29, 0.717) is 0 Å². The Morgan fingerprint density at radius 1 is 1.75 bits per heavy atom. The highest BCUT2D eigenvalue weighted by Gasteiger charge is 2.46. The fourth-order valence-corrected chi connectivity index (χ4v) is 0.520. The number of alkyl halides is 2. The van der Waals surface area contributed by atoms with Crippen LogP contribution >= 0.6 is 0 Å². The van der Waals surface area contributed by atoms with Gasteiger partial charge in [-0.15, -0.1) is 0 Å². The van der Waals surface area contributed by atoms with Crippen molar-refractivity contribution in [2.24, 2.45) is 0 Å². The second kappa shape index (κ2) is 1.65. The van der Waals surface area contributed by atoms with E-state index in [1.807, 2.05) is 0 Å². The summed E-state index contributed by atoms with van der Waals surface area (Å²) in [5, 5.41) is 0. The van der Waals surface area contributed by atoms with Crippen molar-refractivity contribution in [3.05, 3.63) is 0 Å². The maximum atomic E-state index is 12.2. The molecule has 3 heteroatoms. The molecule has 1 fully saturated rings. The van der Waals surface area contributed by atoms with E-state index in [4.69, 9.17) is 0 Å². The molecule has 0 radical (unpaired) electrons. The normalized spacial score (nSPS) is 28.1. The molecule has 1 unspecified atom stereocenters. The quantitative estimate of drug-likeness (QED) is 0.505. The minimum atomic E-state index is -2.57. The molecule has 0 N–H and O–H groups in total.